The molecule has 0 bridgehead atoms. The summed E-state index contributed by atoms with van der Waals surface area (Å²) in [6, 6.07) is 5.40. The van der Waals surface area contributed by atoms with E-state index >= 15 is 0 Å². The highest BCUT2D eigenvalue weighted by atomic mass is 32.2. The van der Waals surface area contributed by atoms with E-state index in [0.717, 1.165) is 11.8 Å². The summed E-state index contributed by atoms with van der Waals surface area (Å²) in [5.41, 5.74) is 0.695. The summed E-state index contributed by atoms with van der Waals surface area (Å²) < 4.78 is 36.4. The Morgan fingerprint density at radius 3 is 2.59 bits per heavy atom. The number of amides is 1. The Morgan fingerprint density at radius 2 is 2.00 bits per heavy atom. The highest BCUT2D eigenvalue weighted by Crippen LogP contribution is 2.36. The third kappa shape index (κ3) is 3.09. The van der Waals surface area contributed by atoms with Crippen LogP contribution in [0.5, 0.6) is 0 Å². The molecule has 2 aliphatic heterocycles. The van der Waals surface area contributed by atoms with Crippen molar-refractivity contribution in [1.82, 2.24) is 4.90 Å². The van der Waals surface area contributed by atoms with Gasteiger partial charge in [-0.15, -0.1) is 0 Å². The van der Waals surface area contributed by atoms with Gasteiger partial charge in [0.15, 0.2) is 9.84 Å². The molecular weight excluding hydrogens is 345 g/mol. The van der Waals surface area contributed by atoms with Gasteiger partial charge in [0.1, 0.15) is 10.1 Å². The van der Waals surface area contributed by atoms with E-state index in [-0.39, 0.29) is 29.3 Å². The first-order valence-electron chi connectivity index (χ1n) is 6.59. The zero-order valence-corrected chi connectivity index (χ0v) is 13.8. The molecule has 0 aliphatic carbocycles. The van der Waals surface area contributed by atoms with Crippen LogP contribution in [-0.4, -0.2) is 41.1 Å². The van der Waals surface area contributed by atoms with Gasteiger partial charge in [-0.1, -0.05) is 36.1 Å². The first-order valence-corrected chi connectivity index (χ1v) is 9.63. The van der Waals surface area contributed by atoms with E-state index in [1.54, 1.807) is 18.2 Å². The van der Waals surface area contributed by atoms with E-state index in [9.17, 15) is 17.6 Å². The van der Waals surface area contributed by atoms with Crippen molar-refractivity contribution < 1.29 is 17.6 Å². The van der Waals surface area contributed by atoms with Crippen LogP contribution in [0.2, 0.25) is 0 Å². The molecule has 1 amide bonds. The molecule has 0 radical (unpaired) electrons. The van der Waals surface area contributed by atoms with Gasteiger partial charge >= 0.3 is 0 Å². The normalized spacial score (nSPS) is 26.1. The maximum atomic E-state index is 12.9. The van der Waals surface area contributed by atoms with Crippen LogP contribution in [0.25, 0.3) is 6.08 Å². The van der Waals surface area contributed by atoms with E-state index in [1.165, 1.54) is 17.0 Å². The van der Waals surface area contributed by atoms with Crippen molar-refractivity contribution in [2.75, 3.05) is 11.5 Å². The fraction of sp³-hybridized carbons (Fsp3) is 0.286. The van der Waals surface area contributed by atoms with Gasteiger partial charge in [0.05, 0.1) is 22.5 Å². The largest absolute Gasteiger partial charge is 0.289 e. The SMILES string of the molecule is O=C1/C(=C/c2ccc(F)cc2)SC(=S)N1C1CCS(=O)(=O)C1. The number of rotatable bonds is 2. The van der Waals surface area contributed by atoms with Crippen LogP contribution in [0, 0.1) is 5.82 Å². The summed E-state index contributed by atoms with van der Waals surface area (Å²) in [7, 11) is -3.08. The molecule has 1 unspecified atom stereocenters. The number of halogens is 1. The third-order valence-corrected chi connectivity index (χ3v) is 6.65. The number of thioether (sulfide) groups is 1. The monoisotopic (exact) mass is 357 g/mol. The average molecular weight is 357 g/mol. The Kier molecular flexibility index (Phi) is 4.09. The van der Waals surface area contributed by atoms with Crippen LogP contribution in [0.3, 0.4) is 0 Å². The van der Waals surface area contributed by atoms with Crippen LogP contribution >= 0.6 is 24.0 Å². The molecule has 0 aromatic heterocycles. The summed E-state index contributed by atoms with van der Waals surface area (Å²) in [5, 5.41) is 0. The van der Waals surface area contributed by atoms with Crippen molar-refractivity contribution in [3.05, 3.63) is 40.6 Å². The fourth-order valence-corrected chi connectivity index (χ4v) is 5.58. The van der Waals surface area contributed by atoms with Gasteiger partial charge in [0.2, 0.25) is 0 Å². The van der Waals surface area contributed by atoms with Crippen molar-refractivity contribution in [3.63, 3.8) is 0 Å². The smallest absolute Gasteiger partial charge is 0.266 e. The molecule has 2 saturated heterocycles. The van der Waals surface area contributed by atoms with Crippen molar-refractivity contribution in [1.29, 1.82) is 0 Å². The van der Waals surface area contributed by atoms with Crippen LogP contribution in [0.15, 0.2) is 29.2 Å². The van der Waals surface area contributed by atoms with Gasteiger partial charge in [0, 0.05) is 0 Å². The number of benzene rings is 1. The minimum absolute atomic E-state index is 0.0384. The van der Waals surface area contributed by atoms with Crippen molar-refractivity contribution in [2.45, 2.75) is 12.5 Å². The van der Waals surface area contributed by atoms with Gasteiger partial charge in [-0.3, -0.25) is 9.69 Å². The standard InChI is InChI=1S/C14H12FNO3S3/c15-10-3-1-9(2-4-10)7-12-13(17)16(14(20)21-12)11-5-6-22(18,19)8-11/h1-4,7,11H,5-6,8H2/b12-7-. The van der Waals surface area contributed by atoms with Gasteiger partial charge in [-0.25, -0.2) is 12.8 Å². The summed E-state index contributed by atoms with van der Waals surface area (Å²) >= 11 is 6.36. The molecule has 3 rings (SSSR count). The molecule has 8 heteroatoms. The fourth-order valence-electron chi connectivity index (χ4n) is 2.48. The van der Waals surface area contributed by atoms with Crippen LogP contribution < -0.4 is 0 Å². The zero-order chi connectivity index (χ0) is 15.9. The Balaban J connectivity index is 1.84. The first-order chi connectivity index (χ1) is 10.4. The second-order valence-corrected chi connectivity index (χ2v) is 9.06. The molecule has 4 nitrogen and oxygen atoms in total. The number of hydrogen-bond donors (Lipinski definition) is 0. The van der Waals surface area contributed by atoms with Crippen molar-refractivity contribution in [3.8, 4) is 0 Å². The quantitative estimate of drug-likeness (QED) is 0.600. The highest BCUT2D eigenvalue weighted by molar-refractivity contribution is 8.26. The lowest BCUT2D eigenvalue weighted by atomic mass is 10.2. The number of sulfone groups is 1. The van der Waals surface area contributed by atoms with Crippen LogP contribution in [-0.2, 0) is 14.6 Å². The van der Waals surface area contributed by atoms with E-state index in [0.29, 0.717) is 21.2 Å². The predicted octanol–water partition coefficient (Wildman–Crippen LogP) is 2.21. The van der Waals surface area contributed by atoms with Gasteiger partial charge in [-0.05, 0) is 30.2 Å². The Labute approximate surface area is 137 Å². The Hall–Kier alpha value is -1.25. The molecule has 0 saturated carbocycles. The topological polar surface area (TPSA) is 54.5 Å². The average Bonchev–Trinajstić information content (AvgIpc) is 2.93. The minimum Gasteiger partial charge on any atom is -0.289 e. The molecular formula is C14H12FNO3S3. The molecule has 2 aliphatic rings. The summed E-state index contributed by atoms with van der Waals surface area (Å²) in [4.78, 5) is 14.3. The molecule has 0 N–H and O–H groups in total. The molecule has 0 spiro atoms. The predicted molar refractivity (Wildman–Crippen MR) is 88.5 cm³/mol. The van der Waals surface area contributed by atoms with E-state index in [1.807, 2.05) is 0 Å². The summed E-state index contributed by atoms with van der Waals surface area (Å²) in [6.45, 7) is 0. The lowest BCUT2D eigenvalue weighted by Crippen LogP contribution is -2.39. The molecule has 2 heterocycles. The molecule has 1 aromatic rings. The number of hydrogen-bond acceptors (Lipinski definition) is 5. The lowest BCUT2D eigenvalue weighted by molar-refractivity contribution is -0.123. The second-order valence-electron chi connectivity index (χ2n) is 5.16. The minimum atomic E-state index is -3.08. The van der Waals surface area contributed by atoms with Gasteiger partial charge in [-0.2, -0.15) is 0 Å². The Morgan fingerprint density at radius 1 is 1.32 bits per heavy atom. The number of carbonyl (C=O) groups excluding carboxylic acids is 1. The second kappa shape index (κ2) is 5.75. The highest BCUT2D eigenvalue weighted by Gasteiger charge is 2.41. The first kappa shape index (κ1) is 15.6. The van der Waals surface area contributed by atoms with Gasteiger partial charge in [0.25, 0.3) is 5.91 Å². The maximum absolute atomic E-state index is 12.9. The van der Waals surface area contributed by atoms with E-state index in [2.05, 4.69) is 0 Å². The third-order valence-electron chi connectivity index (χ3n) is 3.56. The molecule has 2 fully saturated rings. The maximum Gasteiger partial charge on any atom is 0.266 e. The summed E-state index contributed by atoms with van der Waals surface area (Å²) in [6.07, 6.45) is 2.06. The van der Waals surface area contributed by atoms with Gasteiger partial charge < -0.3 is 0 Å². The zero-order valence-electron chi connectivity index (χ0n) is 11.4. The molecule has 1 atom stereocenters. The molecule has 116 valence electrons. The summed E-state index contributed by atoms with van der Waals surface area (Å²) in [5.74, 6) is -0.572. The number of thiocarbonyl (C=S) groups is 1. The molecule has 1 aromatic carbocycles. The van der Waals surface area contributed by atoms with Crippen LogP contribution in [0.4, 0.5) is 4.39 Å². The Bertz CT molecular complexity index is 771. The van der Waals surface area contributed by atoms with Crippen molar-refractivity contribution >= 4 is 50.1 Å². The van der Waals surface area contributed by atoms with E-state index in [4.69, 9.17) is 12.2 Å². The number of nitrogens with zero attached hydrogens (tertiary/aromatic N) is 1. The van der Waals surface area contributed by atoms with Crippen molar-refractivity contribution in [2.24, 2.45) is 0 Å². The lowest BCUT2D eigenvalue weighted by Gasteiger charge is -2.20. The van der Waals surface area contributed by atoms with E-state index < -0.39 is 9.84 Å². The molecule has 22 heavy (non-hydrogen) atoms. The number of carbonyl (C=O) groups is 1. The van der Waals surface area contributed by atoms with Crippen LogP contribution in [0.1, 0.15) is 12.0 Å².